The summed E-state index contributed by atoms with van der Waals surface area (Å²) in [4.78, 5) is 21.9. The van der Waals surface area contributed by atoms with Crippen LogP contribution >= 0.6 is 0 Å². The molecule has 0 rings (SSSR count). The van der Waals surface area contributed by atoms with E-state index in [-0.39, 0.29) is 0 Å². The van der Waals surface area contributed by atoms with Crippen molar-refractivity contribution in [3.8, 4) is 0 Å². The lowest BCUT2D eigenvalue weighted by molar-refractivity contribution is -0.136. The molecule has 0 heterocycles. The molecule has 1 unspecified atom stereocenters. The second-order valence-electron chi connectivity index (χ2n) is 4.89. The molecule has 2 N–H and O–H groups in total. The maximum absolute atomic E-state index is 11.6. The quantitative estimate of drug-likeness (QED) is 0.738. The Kier molecular flexibility index (Phi) is 5.12. The predicted octanol–water partition coefficient (Wildman–Crippen LogP) is 0.179. The first-order chi connectivity index (χ1) is 7.46. The summed E-state index contributed by atoms with van der Waals surface area (Å²) in [5.41, 5.74) is -0.520. The van der Waals surface area contributed by atoms with Gasteiger partial charge in [-0.1, -0.05) is 0 Å². The number of nitrogens with one attached hydrogen (secondary N) is 1. The van der Waals surface area contributed by atoms with Gasteiger partial charge in [-0.25, -0.2) is 8.42 Å². The fourth-order valence-electron chi connectivity index (χ4n) is 1.04. The zero-order valence-corrected chi connectivity index (χ0v) is 11.3. The van der Waals surface area contributed by atoms with Gasteiger partial charge in [-0.2, -0.15) is 0 Å². The third kappa shape index (κ3) is 6.25. The summed E-state index contributed by atoms with van der Waals surface area (Å²) < 4.78 is 23.3. The van der Waals surface area contributed by atoms with Crippen LogP contribution in [0.25, 0.3) is 0 Å². The molecule has 0 fully saturated rings. The van der Waals surface area contributed by atoms with E-state index in [2.05, 4.69) is 5.32 Å². The summed E-state index contributed by atoms with van der Waals surface area (Å²) in [6.07, 6.45) is -0.491. The third-order valence-corrected chi connectivity index (χ3v) is 4.07. The highest BCUT2D eigenvalue weighted by Gasteiger charge is 2.30. The molecule has 7 heteroatoms. The van der Waals surface area contributed by atoms with Crippen molar-refractivity contribution in [1.29, 1.82) is 0 Å². The van der Waals surface area contributed by atoms with Gasteiger partial charge < -0.3 is 10.4 Å². The molecule has 0 aromatic carbocycles. The first kappa shape index (κ1) is 15.9. The van der Waals surface area contributed by atoms with Crippen LogP contribution in [-0.4, -0.2) is 41.9 Å². The molecule has 0 aromatic heterocycles. The van der Waals surface area contributed by atoms with Gasteiger partial charge in [0.15, 0.2) is 9.84 Å². The maximum Gasteiger partial charge on any atom is 0.304 e. The molecule has 0 bridgehead atoms. The van der Waals surface area contributed by atoms with E-state index in [9.17, 15) is 18.0 Å². The average Bonchev–Trinajstić information content (AvgIpc) is 2.11. The van der Waals surface area contributed by atoms with Crippen LogP contribution in [-0.2, 0) is 19.4 Å². The monoisotopic (exact) mass is 265 g/mol. The molecule has 0 aromatic rings. The number of amides is 1. The van der Waals surface area contributed by atoms with Crippen LogP contribution in [0.2, 0.25) is 0 Å². The summed E-state index contributed by atoms with van der Waals surface area (Å²) in [7, 11) is -3.72. The number of carbonyl (C=O) groups is 2. The molecule has 6 nitrogen and oxygen atoms in total. The zero-order chi connectivity index (χ0) is 13.9. The zero-order valence-electron chi connectivity index (χ0n) is 10.5. The van der Waals surface area contributed by atoms with Gasteiger partial charge in [0.1, 0.15) is 5.25 Å². The van der Waals surface area contributed by atoms with Crippen molar-refractivity contribution < 1.29 is 23.1 Å². The van der Waals surface area contributed by atoms with Crippen LogP contribution in [0.5, 0.6) is 0 Å². The highest BCUT2D eigenvalue weighted by Crippen LogP contribution is 2.07. The standard InChI is InChI=1S/C10H19NO5S/c1-7(9(14)11-10(2,3)4)17(15,16)6-5-8(12)13/h7H,5-6H2,1-4H3,(H,11,14)(H,12,13). The molecule has 100 valence electrons. The largest absolute Gasteiger partial charge is 0.481 e. The summed E-state index contributed by atoms with van der Waals surface area (Å²) >= 11 is 0. The first-order valence-electron chi connectivity index (χ1n) is 5.21. The Balaban J connectivity index is 4.63. The van der Waals surface area contributed by atoms with Crippen LogP contribution in [0, 0.1) is 0 Å². The van der Waals surface area contributed by atoms with Crippen LogP contribution in [0.3, 0.4) is 0 Å². The van der Waals surface area contributed by atoms with Crippen molar-refractivity contribution in [3.05, 3.63) is 0 Å². The second-order valence-corrected chi connectivity index (χ2v) is 7.33. The van der Waals surface area contributed by atoms with Gasteiger partial charge in [0.05, 0.1) is 12.2 Å². The lowest BCUT2D eigenvalue weighted by atomic mass is 10.1. The van der Waals surface area contributed by atoms with Crippen molar-refractivity contribution in [2.75, 3.05) is 5.75 Å². The van der Waals surface area contributed by atoms with Crippen molar-refractivity contribution in [1.82, 2.24) is 5.32 Å². The summed E-state index contributed by atoms with van der Waals surface area (Å²) in [5, 5.41) is 9.73. The number of hydrogen-bond donors (Lipinski definition) is 2. The van der Waals surface area contributed by atoms with Gasteiger partial charge in [-0.3, -0.25) is 9.59 Å². The molecular formula is C10H19NO5S. The highest BCUT2D eigenvalue weighted by molar-refractivity contribution is 7.92. The SMILES string of the molecule is CC(C(=O)NC(C)(C)C)S(=O)(=O)CCC(=O)O. The van der Waals surface area contributed by atoms with Crippen molar-refractivity contribution in [2.24, 2.45) is 0 Å². The number of carboxylic acid groups (broad SMARTS) is 1. The molecule has 0 aliphatic rings. The maximum atomic E-state index is 11.6. The third-order valence-electron chi connectivity index (χ3n) is 2.01. The molecular weight excluding hydrogens is 246 g/mol. The fourth-order valence-corrected chi connectivity index (χ4v) is 2.24. The van der Waals surface area contributed by atoms with E-state index in [1.165, 1.54) is 6.92 Å². The lowest BCUT2D eigenvalue weighted by Gasteiger charge is -2.23. The Bertz CT molecular complexity index is 393. The molecule has 0 spiro atoms. The molecule has 0 radical (unpaired) electrons. The Morgan fingerprint density at radius 1 is 1.29 bits per heavy atom. The molecule has 0 saturated heterocycles. The van der Waals surface area contributed by atoms with Crippen LogP contribution in [0.4, 0.5) is 0 Å². The summed E-state index contributed by atoms with van der Waals surface area (Å²) in [5.74, 6) is -2.33. The molecule has 0 aliphatic carbocycles. The number of carbonyl (C=O) groups excluding carboxylic acids is 1. The topological polar surface area (TPSA) is 101 Å². The van der Waals surface area contributed by atoms with E-state index in [0.717, 1.165) is 0 Å². The van der Waals surface area contributed by atoms with Crippen LogP contribution in [0.1, 0.15) is 34.1 Å². The van der Waals surface area contributed by atoms with Gasteiger partial charge in [0, 0.05) is 5.54 Å². The number of rotatable bonds is 5. The second kappa shape index (κ2) is 5.48. The van der Waals surface area contributed by atoms with Gasteiger partial charge >= 0.3 is 5.97 Å². The van der Waals surface area contributed by atoms with E-state index in [1.807, 2.05) is 0 Å². The first-order valence-corrected chi connectivity index (χ1v) is 6.92. The minimum absolute atomic E-state index is 0.491. The lowest BCUT2D eigenvalue weighted by Crippen LogP contribution is -2.47. The smallest absolute Gasteiger partial charge is 0.304 e. The highest BCUT2D eigenvalue weighted by atomic mass is 32.2. The van der Waals surface area contributed by atoms with E-state index in [1.54, 1.807) is 20.8 Å². The van der Waals surface area contributed by atoms with E-state index < -0.39 is 44.7 Å². The van der Waals surface area contributed by atoms with Crippen molar-refractivity contribution in [3.63, 3.8) is 0 Å². The minimum Gasteiger partial charge on any atom is -0.481 e. The molecule has 1 atom stereocenters. The number of hydrogen-bond acceptors (Lipinski definition) is 4. The van der Waals surface area contributed by atoms with Gasteiger partial charge in [-0.15, -0.1) is 0 Å². The summed E-state index contributed by atoms with van der Waals surface area (Å²) in [6, 6.07) is 0. The van der Waals surface area contributed by atoms with Gasteiger partial charge in [0.25, 0.3) is 0 Å². The summed E-state index contributed by atoms with van der Waals surface area (Å²) in [6.45, 7) is 6.47. The van der Waals surface area contributed by atoms with Crippen LogP contribution in [0.15, 0.2) is 0 Å². The molecule has 0 aliphatic heterocycles. The molecule has 0 saturated carbocycles. The number of carboxylic acids is 1. The van der Waals surface area contributed by atoms with Crippen molar-refractivity contribution in [2.45, 2.75) is 44.9 Å². The average molecular weight is 265 g/mol. The van der Waals surface area contributed by atoms with Crippen LogP contribution < -0.4 is 5.32 Å². The fraction of sp³-hybridized carbons (Fsp3) is 0.800. The Hall–Kier alpha value is -1.11. The number of aliphatic carboxylic acids is 1. The number of sulfone groups is 1. The molecule has 17 heavy (non-hydrogen) atoms. The Morgan fingerprint density at radius 2 is 1.76 bits per heavy atom. The van der Waals surface area contributed by atoms with Gasteiger partial charge in [-0.05, 0) is 27.7 Å². The van der Waals surface area contributed by atoms with E-state index in [4.69, 9.17) is 5.11 Å². The Labute approximate surface area is 101 Å². The van der Waals surface area contributed by atoms with E-state index in [0.29, 0.717) is 0 Å². The molecule has 1 amide bonds. The predicted molar refractivity (Wildman–Crippen MR) is 63.4 cm³/mol. The Morgan fingerprint density at radius 3 is 2.12 bits per heavy atom. The van der Waals surface area contributed by atoms with E-state index >= 15 is 0 Å². The minimum atomic E-state index is -3.72. The van der Waals surface area contributed by atoms with Crippen molar-refractivity contribution >= 4 is 21.7 Å². The van der Waals surface area contributed by atoms with Gasteiger partial charge in [0.2, 0.25) is 5.91 Å². The normalized spacial score (nSPS) is 14.1.